The second kappa shape index (κ2) is 7.40. The summed E-state index contributed by atoms with van der Waals surface area (Å²) in [4.78, 5) is 29.5. The largest absolute Gasteiger partial charge is 0.372 e. The van der Waals surface area contributed by atoms with Crippen molar-refractivity contribution in [3.63, 3.8) is 0 Å². The Labute approximate surface area is 129 Å². The third kappa shape index (κ3) is 3.94. The SMILES string of the molecule is CCN(CC)c1ccc(NC(=O)Cn2cnccc2=O)cc1. The second-order valence-corrected chi connectivity index (χ2v) is 4.81. The molecule has 0 saturated carbocycles. The maximum atomic E-state index is 12.0. The lowest BCUT2D eigenvalue weighted by Gasteiger charge is -2.21. The summed E-state index contributed by atoms with van der Waals surface area (Å²) in [6, 6.07) is 8.99. The minimum Gasteiger partial charge on any atom is -0.372 e. The van der Waals surface area contributed by atoms with Crippen molar-refractivity contribution in [3.8, 4) is 0 Å². The Hall–Kier alpha value is -2.63. The number of benzene rings is 1. The molecule has 6 heteroatoms. The summed E-state index contributed by atoms with van der Waals surface area (Å²) < 4.78 is 1.26. The van der Waals surface area contributed by atoms with Gasteiger partial charge < -0.3 is 10.2 Å². The second-order valence-electron chi connectivity index (χ2n) is 4.81. The van der Waals surface area contributed by atoms with E-state index in [1.165, 1.54) is 23.2 Å². The molecule has 116 valence electrons. The number of rotatable bonds is 6. The third-order valence-corrected chi connectivity index (χ3v) is 3.39. The van der Waals surface area contributed by atoms with Crippen molar-refractivity contribution in [2.75, 3.05) is 23.3 Å². The molecule has 0 radical (unpaired) electrons. The first kappa shape index (κ1) is 15.8. The number of aromatic nitrogens is 2. The van der Waals surface area contributed by atoms with E-state index in [9.17, 15) is 9.59 Å². The summed E-state index contributed by atoms with van der Waals surface area (Å²) in [7, 11) is 0. The average Bonchev–Trinajstić information content (AvgIpc) is 2.52. The fourth-order valence-corrected chi connectivity index (χ4v) is 2.20. The molecule has 1 aromatic carbocycles. The molecule has 0 aliphatic heterocycles. The van der Waals surface area contributed by atoms with E-state index in [1.54, 1.807) is 0 Å². The number of carbonyl (C=O) groups is 1. The Morgan fingerprint density at radius 1 is 1.18 bits per heavy atom. The summed E-state index contributed by atoms with van der Waals surface area (Å²) in [5.41, 5.74) is 1.58. The van der Waals surface area contributed by atoms with E-state index in [0.29, 0.717) is 5.69 Å². The van der Waals surface area contributed by atoms with Crippen LogP contribution in [0, 0.1) is 0 Å². The first-order chi connectivity index (χ1) is 10.6. The minimum absolute atomic E-state index is 0.0511. The van der Waals surface area contributed by atoms with Crippen molar-refractivity contribution < 1.29 is 4.79 Å². The maximum absolute atomic E-state index is 12.0. The molecule has 0 spiro atoms. The Morgan fingerprint density at radius 2 is 1.86 bits per heavy atom. The molecule has 2 rings (SSSR count). The number of amides is 1. The van der Waals surface area contributed by atoms with Crippen LogP contribution in [0.3, 0.4) is 0 Å². The number of carbonyl (C=O) groups excluding carboxylic acids is 1. The van der Waals surface area contributed by atoms with Crippen LogP contribution in [0.2, 0.25) is 0 Å². The van der Waals surface area contributed by atoms with Crippen molar-refractivity contribution in [2.45, 2.75) is 20.4 Å². The average molecular weight is 300 g/mol. The summed E-state index contributed by atoms with van der Waals surface area (Å²) >= 11 is 0. The highest BCUT2D eigenvalue weighted by atomic mass is 16.2. The van der Waals surface area contributed by atoms with Gasteiger partial charge in [-0.25, -0.2) is 4.98 Å². The van der Waals surface area contributed by atoms with Crippen LogP contribution in [0.25, 0.3) is 0 Å². The van der Waals surface area contributed by atoms with Gasteiger partial charge in [-0.15, -0.1) is 0 Å². The van der Waals surface area contributed by atoms with Gasteiger partial charge in [-0.2, -0.15) is 0 Å². The Bertz CT molecular complexity index is 675. The van der Waals surface area contributed by atoms with Gasteiger partial charge in [0.1, 0.15) is 6.54 Å². The van der Waals surface area contributed by atoms with Crippen molar-refractivity contribution in [1.82, 2.24) is 9.55 Å². The van der Waals surface area contributed by atoms with Gasteiger partial charge in [-0.05, 0) is 38.1 Å². The Kier molecular flexibility index (Phi) is 5.30. The highest BCUT2D eigenvalue weighted by Gasteiger charge is 2.06. The van der Waals surface area contributed by atoms with E-state index in [1.807, 2.05) is 24.3 Å². The van der Waals surface area contributed by atoms with Crippen LogP contribution in [0.4, 0.5) is 11.4 Å². The zero-order valence-corrected chi connectivity index (χ0v) is 12.8. The van der Waals surface area contributed by atoms with Gasteiger partial charge in [0.05, 0.1) is 6.33 Å². The molecular weight excluding hydrogens is 280 g/mol. The van der Waals surface area contributed by atoms with Crippen molar-refractivity contribution in [2.24, 2.45) is 0 Å². The van der Waals surface area contributed by atoms with Crippen LogP contribution in [-0.2, 0) is 11.3 Å². The van der Waals surface area contributed by atoms with E-state index >= 15 is 0 Å². The Morgan fingerprint density at radius 3 is 2.45 bits per heavy atom. The normalized spacial score (nSPS) is 10.3. The highest BCUT2D eigenvalue weighted by Crippen LogP contribution is 2.17. The number of anilines is 2. The topological polar surface area (TPSA) is 67.2 Å². The molecule has 6 nitrogen and oxygen atoms in total. The summed E-state index contributed by atoms with van der Waals surface area (Å²) in [6.07, 6.45) is 2.76. The molecule has 1 N–H and O–H groups in total. The van der Waals surface area contributed by atoms with Crippen LogP contribution < -0.4 is 15.8 Å². The molecule has 1 heterocycles. The van der Waals surface area contributed by atoms with E-state index < -0.39 is 0 Å². The molecule has 0 fully saturated rings. The van der Waals surface area contributed by atoms with E-state index in [-0.39, 0.29) is 18.0 Å². The van der Waals surface area contributed by atoms with Crippen molar-refractivity contribution in [1.29, 1.82) is 0 Å². The number of nitrogens with one attached hydrogen (secondary N) is 1. The van der Waals surface area contributed by atoms with Crippen LogP contribution in [0.5, 0.6) is 0 Å². The lowest BCUT2D eigenvalue weighted by atomic mass is 10.2. The fourth-order valence-electron chi connectivity index (χ4n) is 2.20. The molecule has 22 heavy (non-hydrogen) atoms. The van der Waals surface area contributed by atoms with Gasteiger partial charge in [-0.1, -0.05) is 0 Å². The molecule has 0 atom stereocenters. The van der Waals surface area contributed by atoms with Gasteiger partial charge in [0.2, 0.25) is 5.91 Å². The molecule has 1 amide bonds. The molecule has 0 unspecified atom stereocenters. The minimum atomic E-state index is -0.259. The van der Waals surface area contributed by atoms with E-state index in [4.69, 9.17) is 0 Å². The standard InChI is InChI=1S/C16H20N4O2/c1-3-19(4-2)14-7-5-13(6-8-14)18-15(21)11-20-12-17-10-9-16(20)22/h5-10,12H,3-4,11H2,1-2H3,(H,18,21). The zero-order chi connectivity index (χ0) is 15.9. The first-order valence-corrected chi connectivity index (χ1v) is 7.29. The number of hydrogen-bond donors (Lipinski definition) is 1. The van der Waals surface area contributed by atoms with Crippen LogP contribution >= 0.6 is 0 Å². The van der Waals surface area contributed by atoms with Crippen molar-refractivity contribution in [3.05, 3.63) is 53.2 Å². The monoisotopic (exact) mass is 300 g/mol. The number of nitrogens with zero attached hydrogens (tertiary/aromatic N) is 3. The molecule has 0 aliphatic rings. The zero-order valence-electron chi connectivity index (χ0n) is 12.8. The molecule has 0 saturated heterocycles. The molecule has 0 aliphatic carbocycles. The first-order valence-electron chi connectivity index (χ1n) is 7.29. The number of hydrogen-bond acceptors (Lipinski definition) is 4. The summed E-state index contributed by atoms with van der Waals surface area (Å²) in [6.45, 7) is 6.03. The molecular formula is C16H20N4O2. The smallest absolute Gasteiger partial charge is 0.253 e. The lowest BCUT2D eigenvalue weighted by Crippen LogP contribution is -2.27. The van der Waals surface area contributed by atoms with Gasteiger partial charge in [0.25, 0.3) is 5.56 Å². The van der Waals surface area contributed by atoms with Crippen molar-refractivity contribution >= 4 is 17.3 Å². The van der Waals surface area contributed by atoms with Gasteiger partial charge in [0, 0.05) is 36.7 Å². The van der Waals surface area contributed by atoms with Gasteiger partial charge in [-0.3, -0.25) is 14.2 Å². The van der Waals surface area contributed by atoms with Crippen LogP contribution in [0.1, 0.15) is 13.8 Å². The van der Waals surface area contributed by atoms with Gasteiger partial charge in [0.15, 0.2) is 0 Å². The van der Waals surface area contributed by atoms with Gasteiger partial charge >= 0.3 is 0 Å². The predicted molar refractivity (Wildman–Crippen MR) is 87.1 cm³/mol. The lowest BCUT2D eigenvalue weighted by molar-refractivity contribution is -0.116. The summed E-state index contributed by atoms with van der Waals surface area (Å²) in [5, 5.41) is 2.77. The van der Waals surface area contributed by atoms with Crippen LogP contribution in [0.15, 0.2) is 47.7 Å². The molecule has 2 aromatic rings. The quantitative estimate of drug-likeness (QED) is 0.882. The maximum Gasteiger partial charge on any atom is 0.253 e. The highest BCUT2D eigenvalue weighted by molar-refractivity contribution is 5.90. The van der Waals surface area contributed by atoms with E-state index in [0.717, 1.165) is 18.8 Å². The molecule has 1 aromatic heterocycles. The fraction of sp³-hybridized carbons (Fsp3) is 0.312. The van der Waals surface area contributed by atoms with Crippen LogP contribution in [-0.4, -0.2) is 28.5 Å². The Balaban J connectivity index is 2.00. The third-order valence-electron chi connectivity index (χ3n) is 3.39. The molecule has 0 bridgehead atoms. The summed E-state index contributed by atoms with van der Waals surface area (Å²) in [5.74, 6) is -0.259. The van der Waals surface area contributed by atoms with E-state index in [2.05, 4.69) is 29.0 Å². The predicted octanol–water partition coefficient (Wildman–Crippen LogP) is 1.73.